The summed E-state index contributed by atoms with van der Waals surface area (Å²) < 4.78 is 22.7. The fraction of sp³-hybridized carbons (Fsp3) is 0.500. The summed E-state index contributed by atoms with van der Waals surface area (Å²) in [7, 11) is -3.67. The van der Waals surface area contributed by atoms with Crippen molar-refractivity contribution in [2.24, 2.45) is 5.14 Å². The summed E-state index contributed by atoms with van der Waals surface area (Å²) >= 11 is 0. The first-order chi connectivity index (χ1) is 9.09. The first-order valence-electron chi connectivity index (χ1n) is 6.51. The van der Waals surface area contributed by atoms with E-state index < -0.39 is 15.3 Å². The highest BCUT2D eigenvalue weighted by atomic mass is 32.2. The minimum atomic E-state index is -3.67. The van der Waals surface area contributed by atoms with Gasteiger partial charge in [0, 0.05) is 18.7 Å². The molecule has 1 aliphatic rings. The molecule has 20 heavy (non-hydrogen) atoms. The van der Waals surface area contributed by atoms with Crippen molar-refractivity contribution in [1.29, 1.82) is 0 Å². The lowest BCUT2D eigenvalue weighted by atomic mass is 9.87. The quantitative estimate of drug-likeness (QED) is 0.895. The summed E-state index contributed by atoms with van der Waals surface area (Å²) in [6.45, 7) is 6.46. The molecule has 110 valence electrons. The number of amides is 1. The molecule has 1 heterocycles. The number of primary sulfonamides is 1. The maximum absolute atomic E-state index is 11.9. The Hall–Kier alpha value is -1.40. The van der Waals surface area contributed by atoms with E-state index in [0.29, 0.717) is 5.69 Å². The first kappa shape index (κ1) is 15.0. The molecule has 2 rings (SSSR count). The molecule has 1 saturated heterocycles. The fourth-order valence-electron chi connectivity index (χ4n) is 2.29. The Morgan fingerprint density at radius 2 is 1.75 bits per heavy atom. The highest BCUT2D eigenvalue weighted by molar-refractivity contribution is 7.89. The number of rotatable bonds is 2. The molecule has 0 spiro atoms. The average Bonchev–Trinajstić information content (AvgIpc) is 2.70. The van der Waals surface area contributed by atoms with Crippen LogP contribution in [-0.4, -0.2) is 26.1 Å². The van der Waals surface area contributed by atoms with Crippen molar-refractivity contribution in [1.82, 2.24) is 0 Å². The molecule has 0 radical (unpaired) electrons. The van der Waals surface area contributed by atoms with Gasteiger partial charge in [-0.2, -0.15) is 0 Å². The third kappa shape index (κ3) is 3.02. The topological polar surface area (TPSA) is 80.5 Å². The maximum Gasteiger partial charge on any atom is 0.228 e. The van der Waals surface area contributed by atoms with Gasteiger partial charge in [-0.3, -0.25) is 4.79 Å². The molecule has 1 aromatic rings. The monoisotopic (exact) mass is 296 g/mol. The van der Waals surface area contributed by atoms with Crippen molar-refractivity contribution in [3.63, 3.8) is 0 Å². The molecular formula is C14H20N2O3S. The molecule has 0 saturated carbocycles. The second-order valence-electron chi connectivity index (χ2n) is 6.22. The number of hydrogen-bond donors (Lipinski definition) is 1. The molecule has 2 N–H and O–H groups in total. The van der Waals surface area contributed by atoms with Crippen LogP contribution in [0.15, 0.2) is 24.3 Å². The van der Waals surface area contributed by atoms with E-state index in [2.05, 4.69) is 20.8 Å². The van der Waals surface area contributed by atoms with Gasteiger partial charge in [0.15, 0.2) is 0 Å². The average molecular weight is 296 g/mol. The molecular weight excluding hydrogens is 276 g/mol. The van der Waals surface area contributed by atoms with Crippen molar-refractivity contribution in [2.75, 3.05) is 11.4 Å². The molecule has 1 aromatic carbocycles. The van der Waals surface area contributed by atoms with E-state index in [-0.39, 0.29) is 24.3 Å². The van der Waals surface area contributed by atoms with Crippen LogP contribution in [0.25, 0.3) is 0 Å². The van der Waals surface area contributed by atoms with Gasteiger partial charge in [-0.1, -0.05) is 32.9 Å². The Morgan fingerprint density at radius 3 is 2.15 bits per heavy atom. The third-order valence-electron chi connectivity index (χ3n) is 3.60. The lowest BCUT2D eigenvalue weighted by Gasteiger charge is -2.21. The molecule has 0 bridgehead atoms. The predicted octanol–water partition coefficient (Wildman–Crippen LogP) is 1.38. The molecule has 6 heteroatoms. The van der Waals surface area contributed by atoms with Gasteiger partial charge in [-0.05, 0) is 23.1 Å². The normalized spacial score (nSPS) is 20.5. The number of nitrogens with two attached hydrogens (primary N) is 1. The summed E-state index contributed by atoms with van der Waals surface area (Å²) in [5.41, 5.74) is 1.92. The van der Waals surface area contributed by atoms with E-state index in [1.807, 2.05) is 24.3 Å². The lowest BCUT2D eigenvalue weighted by Crippen LogP contribution is -2.32. The summed E-state index contributed by atoms with van der Waals surface area (Å²) in [6.07, 6.45) is -0.0418. The smallest absolute Gasteiger partial charge is 0.228 e. The van der Waals surface area contributed by atoms with Crippen LogP contribution >= 0.6 is 0 Å². The standard InChI is InChI=1S/C14H20N2O3S/c1-14(2,3)10-4-6-11(7-5-10)16-9-12(8-13(16)17)20(15,18)19/h4-7,12H,8-9H2,1-3H3,(H2,15,18,19). The van der Waals surface area contributed by atoms with Crippen LogP contribution in [0.3, 0.4) is 0 Å². The third-order valence-corrected chi connectivity index (χ3v) is 4.84. The Bertz CT molecular complexity index is 615. The van der Waals surface area contributed by atoms with Crippen LogP contribution in [0.5, 0.6) is 0 Å². The second-order valence-corrected chi connectivity index (χ2v) is 8.06. The Kier molecular flexibility index (Phi) is 3.64. The minimum Gasteiger partial charge on any atom is -0.311 e. The van der Waals surface area contributed by atoms with E-state index in [1.54, 1.807) is 0 Å². The number of carbonyl (C=O) groups excluding carboxylic acids is 1. The van der Waals surface area contributed by atoms with Gasteiger partial charge in [0.05, 0.1) is 0 Å². The number of anilines is 1. The van der Waals surface area contributed by atoms with Crippen LogP contribution in [0.1, 0.15) is 32.8 Å². The van der Waals surface area contributed by atoms with Gasteiger partial charge in [-0.25, -0.2) is 13.6 Å². The van der Waals surface area contributed by atoms with Gasteiger partial charge in [0.2, 0.25) is 15.9 Å². The molecule has 5 nitrogen and oxygen atoms in total. The number of carbonyl (C=O) groups is 1. The van der Waals surface area contributed by atoms with Crippen LogP contribution in [0, 0.1) is 0 Å². The SMILES string of the molecule is CC(C)(C)c1ccc(N2CC(S(N)(=O)=O)CC2=O)cc1. The molecule has 0 aliphatic carbocycles. The zero-order chi connectivity index (χ0) is 15.1. The van der Waals surface area contributed by atoms with Gasteiger partial charge in [0.1, 0.15) is 5.25 Å². The summed E-state index contributed by atoms with van der Waals surface area (Å²) in [5.74, 6) is -0.201. The van der Waals surface area contributed by atoms with Crippen molar-refractivity contribution in [3.05, 3.63) is 29.8 Å². The maximum atomic E-state index is 11.9. The number of benzene rings is 1. The highest BCUT2D eigenvalue weighted by Gasteiger charge is 2.37. The second kappa shape index (κ2) is 4.86. The van der Waals surface area contributed by atoms with Gasteiger partial charge < -0.3 is 4.90 Å². The first-order valence-corrected chi connectivity index (χ1v) is 8.12. The van der Waals surface area contributed by atoms with Crippen molar-refractivity contribution in [3.8, 4) is 0 Å². The summed E-state index contributed by atoms with van der Waals surface area (Å²) in [4.78, 5) is 13.4. The lowest BCUT2D eigenvalue weighted by molar-refractivity contribution is -0.117. The zero-order valence-corrected chi connectivity index (χ0v) is 12.8. The van der Waals surface area contributed by atoms with Crippen molar-refractivity contribution >= 4 is 21.6 Å². The molecule has 0 aromatic heterocycles. The van der Waals surface area contributed by atoms with E-state index in [4.69, 9.17) is 5.14 Å². The largest absolute Gasteiger partial charge is 0.311 e. The van der Waals surface area contributed by atoms with Gasteiger partial charge in [0.25, 0.3) is 0 Å². The Morgan fingerprint density at radius 1 is 1.20 bits per heavy atom. The zero-order valence-electron chi connectivity index (χ0n) is 12.0. The van der Waals surface area contributed by atoms with E-state index in [1.165, 1.54) is 4.90 Å². The van der Waals surface area contributed by atoms with Crippen LogP contribution in [0.4, 0.5) is 5.69 Å². The van der Waals surface area contributed by atoms with E-state index >= 15 is 0 Å². The number of nitrogens with zero attached hydrogens (tertiary/aromatic N) is 1. The summed E-state index contributed by atoms with van der Waals surface area (Å²) in [6, 6.07) is 7.63. The van der Waals surface area contributed by atoms with Gasteiger partial charge in [-0.15, -0.1) is 0 Å². The van der Waals surface area contributed by atoms with Gasteiger partial charge >= 0.3 is 0 Å². The minimum absolute atomic E-state index is 0.0384. The summed E-state index contributed by atoms with van der Waals surface area (Å²) in [5, 5.41) is 4.31. The van der Waals surface area contributed by atoms with Crippen LogP contribution in [-0.2, 0) is 20.2 Å². The molecule has 1 unspecified atom stereocenters. The number of sulfonamides is 1. The molecule has 1 fully saturated rings. The molecule has 1 aliphatic heterocycles. The predicted molar refractivity (Wildman–Crippen MR) is 79.0 cm³/mol. The van der Waals surface area contributed by atoms with E-state index in [9.17, 15) is 13.2 Å². The van der Waals surface area contributed by atoms with Crippen molar-refractivity contribution in [2.45, 2.75) is 37.9 Å². The Balaban J connectivity index is 2.23. The Labute approximate surface area is 119 Å². The fourth-order valence-corrected chi connectivity index (χ4v) is 3.02. The van der Waals surface area contributed by atoms with Crippen LogP contribution < -0.4 is 10.0 Å². The van der Waals surface area contributed by atoms with Crippen molar-refractivity contribution < 1.29 is 13.2 Å². The molecule has 1 atom stereocenters. The molecule has 1 amide bonds. The van der Waals surface area contributed by atoms with E-state index in [0.717, 1.165) is 5.56 Å². The van der Waals surface area contributed by atoms with Crippen LogP contribution in [0.2, 0.25) is 0 Å². The highest BCUT2D eigenvalue weighted by Crippen LogP contribution is 2.28. The number of hydrogen-bond acceptors (Lipinski definition) is 3.